The summed E-state index contributed by atoms with van der Waals surface area (Å²) >= 11 is 1.35. The average molecular weight is 296 g/mol. The Morgan fingerprint density at radius 3 is 2.75 bits per heavy atom. The van der Waals surface area contributed by atoms with Crippen LogP contribution in [0.5, 0.6) is 0 Å². The van der Waals surface area contributed by atoms with Crippen LogP contribution in [-0.4, -0.2) is 34.9 Å². The zero-order valence-corrected chi connectivity index (χ0v) is 13.5. The maximum Gasteiger partial charge on any atom is 0.267 e. The molecule has 1 amide bonds. The number of rotatable bonds is 3. The van der Waals surface area contributed by atoms with Gasteiger partial charge in [0.25, 0.3) is 5.91 Å². The Morgan fingerprint density at radius 2 is 2.15 bits per heavy atom. The fourth-order valence-corrected chi connectivity index (χ4v) is 3.38. The second kappa shape index (κ2) is 5.99. The number of nitrogen functional groups attached to an aromatic ring is 1. The number of carbonyl (C=O) groups is 1. The van der Waals surface area contributed by atoms with Crippen molar-refractivity contribution in [2.24, 2.45) is 11.8 Å². The first-order chi connectivity index (χ1) is 9.38. The Labute approximate surface area is 124 Å². The van der Waals surface area contributed by atoms with Crippen molar-refractivity contribution < 1.29 is 4.79 Å². The molecule has 0 bridgehead atoms. The summed E-state index contributed by atoms with van der Waals surface area (Å²) in [7, 11) is 0. The number of anilines is 2. The number of hydrogen-bond donors (Lipinski definition) is 2. The van der Waals surface area contributed by atoms with E-state index in [1.54, 1.807) is 0 Å². The van der Waals surface area contributed by atoms with Gasteiger partial charge in [0.15, 0.2) is 5.13 Å². The maximum absolute atomic E-state index is 12.6. The summed E-state index contributed by atoms with van der Waals surface area (Å²) in [5.74, 6) is 1.58. The second-order valence-corrected chi connectivity index (χ2v) is 7.03. The first kappa shape index (κ1) is 15.1. The van der Waals surface area contributed by atoms with Crippen molar-refractivity contribution in [1.82, 2.24) is 9.88 Å². The fraction of sp³-hybridized carbons (Fsp3) is 0.714. The maximum atomic E-state index is 12.6. The van der Waals surface area contributed by atoms with Crippen LogP contribution in [0.4, 0.5) is 10.9 Å². The van der Waals surface area contributed by atoms with Gasteiger partial charge in [0.2, 0.25) is 0 Å². The van der Waals surface area contributed by atoms with Crippen LogP contribution >= 0.6 is 11.3 Å². The van der Waals surface area contributed by atoms with Gasteiger partial charge in [-0.2, -0.15) is 0 Å². The number of aromatic nitrogens is 1. The molecule has 0 radical (unpaired) electrons. The van der Waals surface area contributed by atoms with E-state index in [0.29, 0.717) is 22.5 Å². The van der Waals surface area contributed by atoms with Crippen molar-refractivity contribution >= 4 is 28.2 Å². The van der Waals surface area contributed by atoms with Gasteiger partial charge in [-0.3, -0.25) is 4.79 Å². The second-order valence-electron chi connectivity index (χ2n) is 6.03. The third-order valence-electron chi connectivity index (χ3n) is 3.88. The number of likely N-dealkylation sites (tertiary alicyclic amines) is 1. The van der Waals surface area contributed by atoms with Crippen LogP contribution in [-0.2, 0) is 0 Å². The number of nitrogens with zero attached hydrogens (tertiary/aromatic N) is 2. The van der Waals surface area contributed by atoms with Crippen LogP contribution in [0, 0.1) is 11.8 Å². The van der Waals surface area contributed by atoms with Crippen molar-refractivity contribution in [3.63, 3.8) is 0 Å². The highest BCUT2D eigenvalue weighted by atomic mass is 32.1. The van der Waals surface area contributed by atoms with Gasteiger partial charge in [-0.1, -0.05) is 25.2 Å². The molecule has 6 heteroatoms. The van der Waals surface area contributed by atoms with E-state index < -0.39 is 0 Å². The number of thiazole rings is 1. The lowest BCUT2D eigenvalue weighted by molar-refractivity contribution is 0.0633. The summed E-state index contributed by atoms with van der Waals surface area (Å²) in [5.41, 5.74) is 5.90. The van der Waals surface area contributed by atoms with Crippen molar-refractivity contribution in [1.29, 1.82) is 0 Å². The molecular formula is C14H24N4OS. The van der Waals surface area contributed by atoms with E-state index in [9.17, 15) is 4.79 Å². The zero-order valence-electron chi connectivity index (χ0n) is 12.6. The molecule has 1 aliphatic heterocycles. The van der Waals surface area contributed by atoms with Crippen molar-refractivity contribution in [3.05, 3.63) is 4.88 Å². The Morgan fingerprint density at radius 1 is 1.45 bits per heavy atom. The number of nitrogens with one attached hydrogen (secondary N) is 1. The van der Waals surface area contributed by atoms with Gasteiger partial charge in [0, 0.05) is 19.1 Å². The smallest absolute Gasteiger partial charge is 0.267 e. The number of piperidine rings is 1. The third kappa shape index (κ3) is 3.23. The fourth-order valence-electron chi connectivity index (χ4n) is 2.38. The lowest BCUT2D eigenvalue weighted by atomic mass is 9.88. The highest BCUT2D eigenvalue weighted by Crippen LogP contribution is 2.29. The van der Waals surface area contributed by atoms with E-state index in [2.05, 4.69) is 24.1 Å². The van der Waals surface area contributed by atoms with E-state index in [4.69, 9.17) is 5.73 Å². The number of amides is 1. The topological polar surface area (TPSA) is 71.2 Å². The molecule has 3 N–H and O–H groups in total. The Balaban J connectivity index is 2.11. The SMILES string of the molecule is CC(C)Nc1nc(N)c(C(=O)N2CCC(C)C(C)C2)s1. The summed E-state index contributed by atoms with van der Waals surface area (Å²) in [6, 6.07) is 0.277. The van der Waals surface area contributed by atoms with Crippen molar-refractivity contribution in [3.8, 4) is 0 Å². The van der Waals surface area contributed by atoms with Crippen LogP contribution in [0.2, 0.25) is 0 Å². The lowest BCUT2D eigenvalue weighted by Crippen LogP contribution is -2.42. The molecule has 112 valence electrons. The first-order valence-electron chi connectivity index (χ1n) is 7.20. The quantitative estimate of drug-likeness (QED) is 0.899. The Bertz CT molecular complexity index is 486. The van der Waals surface area contributed by atoms with Crippen molar-refractivity contribution in [2.45, 2.75) is 40.2 Å². The molecule has 2 unspecified atom stereocenters. The minimum absolute atomic E-state index is 0.0237. The minimum Gasteiger partial charge on any atom is -0.382 e. The lowest BCUT2D eigenvalue weighted by Gasteiger charge is -2.35. The summed E-state index contributed by atoms with van der Waals surface area (Å²) in [4.78, 5) is 19.3. The van der Waals surface area contributed by atoms with Gasteiger partial charge in [-0.05, 0) is 32.1 Å². The molecule has 1 aromatic heterocycles. The Kier molecular flexibility index (Phi) is 4.52. The normalized spacial score (nSPS) is 23.1. The van der Waals surface area contributed by atoms with E-state index in [1.807, 2.05) is 18.7 Å². The van der Waals surface area contributed by atoms with Crippen molar-refractivity contribution in [2.75, 3.05) is 24.1 Å². The highest BCUT2D eigenvalue weighted by Gasteiger charge is 2.29. The van der Waals surface area contributed by atoms with Crippen LogP contribution < -0.4 is 11.1 Å². The van der Waals surface area contributed by atoms with Gasteiger partial charge in [-0.15, -0.1) is 0 Å². The van der Waals surface area contributed by atoms with E-state index in [0.717, 1.165) is 24.6 Å². The van der Waals surface area contributed by atoms with Crippen LogP contribution in [0.3, 0.4) is 0 Å². The van der Waals surface area contributed by atoms with Gasteiger partial charge < -0.3 is 16.0 Å². The summed E-state index contributed by atoms with van der Waals surface area (Å²) in [6.45, 7) is 10.1. The van der Waals surface area contributed by atoms with Crippen LogP contribution in [0.1, 0.15) is 43.8 Å². The number of carbonyl (C=O) groups excluding carboxylic acids is 1. The molecule has 20 heavy (non-hydrogen) atoms. The average Bonchev–Trinajstić information content (AvgIpc) is 2.72. The molecule has 1 saturated heterocycles. The van der Waals surface area contributed by atoms with Gasteiger partial charge in [0.1, 0.15) is 10.7 Å². The number of nitrogens with two attached hydrogens (primary N) is 1. The Hall–Kier alpha value is -1.30. The molecule has 2 heterocycles. The van der Waals surface area contributed by atoms with Gasteiger partial charge in [0.05, 0.1) is 0 Å². The van der Waals surface area contributed by atoms with E-state index >= 15 is 0 Å². The van der Waals surface area contributed by atoms with Gasteiger partial charge in [-0.25, -0.2) is 4.98 Å². The highest BCUT2D eigenvalue weighted by molar-refractivity contribution is 7.18. The molecule has 1 aromatic rings. The van der Waals surface area contributed by atoms with Crippen LogP contribution in [0.25, 0.3) is 0 Å². The zero-order chi connectivity index (χ0) is 14.9. The first-order valence-corrected chi connectivity index (χ1v) is 8.02. The molecule has 1 fully saturated rings. The molecule has 5 nitrogen and oxygen atoms in total. The largest absolute Gasteiger partial charge is 0.382 e. The standard InChI is InChI=1S/C14H24N4OS/c1-8(2)16-14-17-12(15)11(20-14)13(19)18-6-5-9(3)10(4)7-18/h8-10H,5-7,15H2,1-4H3,(H,16,17). The van der Waals surface area contributed by atoms with Gasteiger partial charge >= 0.3 is 0 Å². The predicted octanol–water partition coefficient (Wildman–Crippen LogP) is 2.66. The molecule has 0 saturated carbocycles. The molecule has 1 aliphatic rings. The summed E-state index contributed by atoms with van der Waals surface area (Å²) in [6.07, 6.45) is 1.06. The molecule has 0 spiro atoms. The number of hydrogen-bond acceptors (Lipinski definition) is 5. The van der Waals surface area contributed by atoms with E-state index in [-0.39, 0.29) is 11.9 Å². The summed E-state index contributed by atoms with van der Waals surface area (Å²) < 4.78 is 0. The minimum atomic E-state index is 0.0237. The third-order valence-corrected chi connectivity index (χ3v) is 4.87. The molecule has 2 rings (SSSR count). The summed E-state index contributed by atoms with van der Waals surface area (Å²) in [5, 5.41) is 3.92. The van der Waals surface area contributed by atoms with Crippen LogP contribution in [0.15, 0.2) is 0 Å². The predicted molar refractivity (Wildman–Crippen MR) is 84.1 cm³/mol. The monoisotopic (exact) mass is 296 g/mol. The molecule has 0 aliphatic carbocycles. The molecule has 0 aromatic carbocycles. The van der Waals surface area contributed by atoms with E-state index in [1.165, 1.54) is 11.3 Å². The molecular weight excluding hydrogens is 272 g/mol. The molecule has 2 atom stereocenters.